The molecule has 0 aromatic heterocycles. The van der Waals surface area contributed by atoms with Gasteiger partial charge in [-0.25, -0.2) is 0 Å². The first-order valence-electron chi connectivity index (χ1n) is 6.59. The normalized spacial score (nSPS) is 11.2. The fraction of sp³-hybridized carbons (Fsp3) is 0.500. The highest BCUT2D eigenvalue weighted by Gasteiger charge is 2.16. The molecule has 0 heterocycles. The maximum atomic E-state index is 11.9. The van der Waals surface area contributed by atoms with Crippen molar-refractivity contribution in [2.45, 2.75) is 52.6 Å². The number of rotatable bonds is 5. The molecular weight excluding hydrogens is 240 g/mol. The maximum Gasteiger partial charge on any atom is 0.306 e. The first-order chi connectivity index (χ1) is 8.78. The number of Topliss-reactive ketones (excluding diaryl/α,β-unsaturated/α-hetero) is 1. The number of ether oxygens (including phenoxy) is 1. The fourth-order valence-electron chi connectivity index (χ4n) is 1.67. The zero-order chi connectivity index (χ0) is 14.5. The molecule has 0 aliphatic heterocycles. The van der Waals surface area contributed by atoms with Crippen LogP contribution in [0.3, 0.4) is 0 Å². The van der Waals surface area contributed by atoms with Crippen molar-refractivity contribution in [3.05, 3.63) is 35.4 Å². The van der Waals surface area contributed by atoms with Gasteiger partial charge in [0.25, 0.3) is 0 Å². The van der Waals surface area contributed by atoms with Crippen LogP contribution in [0, 0.1) is 6.92 Å². The van der Waals surface area contributed by atoms with Gasteiger partial charge in [0, 0.05) is 18.4 Å². The zero-order valence-corrected chi connectivity index (χ0v) is 12.2. The van der Waals surface area contributed by atoms with Gasteiger partial charge in [0.05, 0.1) is 0 Å². The molecule has 0 spiro atoms. The summed E-state index contributed by atoms with van der Waals surface area (Å²) >= 11 is 0. The molecular formula is C16H22O3. The minimum atomic E-state index is -0.460. The summed E-state index contributed by atoms with van der Waals surface area (Å²) in [5, 5.41) is 0. The Labute approximate surface area is 115 Å². The molecule has 0 bridgehead atoms. The third kappa shape index (κ3) is 6.18. The summed E-state index contributed by atoms with van der Waals surface area (Å²) in [7, 11) is 0. The van der Waals surface area contributed by atoms with E-state index < -0.39 is 5.60 Å². The summed E-state index contributed by atoms with van der Waals surface area (Å²) in [4.78, 5) is 23.4. The zero-order valence-electron chi connectivity index (χ0n) is 12.2. The summed E-state index contributed by atoms with van der Waals surface area (Å²) in [6.45, 7) is 7.49. The van der Waals surface area contributed by atoms with E-state index in [1.54, 1.807) is 0 Å². The Morgan fingerprint density at radius 1 is 1.05 bits per heavy atom. The highest BCUT2D eigenvalue weighted by Crippen LogP contribution is 2.12. The van der Waals surface area contributed by atoms with Gasteiger partial charge in [-0.1, -0.05) is 29.8 Å². The van der Waals surface area contributed by atoms with E-state index >= 15 is 0 Å². The largest absolute Gasteiger partial charge is 0.460 e. The second-order valence-electron chi connectivity index (χ2n) is 5.73. The predicted molar refractivity (Wildman–Crippen MR) is 75.2 cm³/mol. The number of hydrogen-bond acceptors (Lipinski definition) is 3. The molecule has 104 valence electrons. The van der Waals surface area contributed by atoms with Crippen molar-refractivity contribution in [3.8, 4) is 0 Å². The average molecular weight is 262 g/mol. The Morgan fingerprint density at radius 3 is 2.16 bits per heavy atom. The molecule has 0 fully saturated rings. The Hall–Kier alpha value is -1.64. The van der Waals surface area contributed by atoms with E-state index in [2.05, 4.69) is 0 Å². The van der Waals surface area contributed by atoms with Crippen molar-refractivity contribution in [2.75, 3.05) is 0 Å². The molecule has 0 radical (unpaired) electrons. The molecule has 0 saturated carbocycles. The van der Waals surface area contributed by atoms with E-state index in [1.807, 2.05) is 52.0 Å². The highest BCUT2D eigenvalue weighted by molar-refractivity contribution is 5.96. The standard InChI is InChI=1S/C16H22O3/c1-12-8-10-13(11-9-12)14(17)6-5-7-15(18)19-16(2,3)4/h8-11H,5-7H2,1-4H3. The van der Waals surface area contributed by atoms with E-state index in [-0.39, 0.29) is 18.2 Å². The number of esters is 1. The van der Waals surface area contributed by atoms with Crippen molar-refractivity contribution >= 4 is 11.8 Å². The van der Waals surface area contributed by atoms with Crippen LogP contribution >= 0.6 is 0 Å². The first-order valence-corrected chi connectivity index (χ1v) is 6.59. The lowest BCUT2D eigenvalue weighted by molar-refractivity contribution is -0.154. The minimum absolute atomic E-state index is 0.0727. The molecule has 1 aromatic carbocycles. The SMILES string of the molecule is Cc1ccc(C(=O)CCCC(=O)OC(C)(C)C)cc1. The number of aryl methyl sites for hydroxylation is 1. The number of ketones is 1. The number of carbonyl (C=O) groups is 2. The van der Waals surface area contributed by atoms with Crippen LogP contribution in [0.2, 0.25) is 0 Å². The lowest BCUT2D eigenvalue weighted by atomic mass is 10.0. The summed E-state index contributed by atoms with van der Waals surface area (Å²) < 4.78 is 5.19. The number of benzene rings is 1. The van der Waals surface area contributed by atoms with E-state index in [1.165, 1.54) is 0 Å². The molecule has 1 rings (SSSR count). The van der Waals surface area contributed by atoms with Crippen LogP contribution in [0.15, 0.2) is 24.3 Å². The first kappa shape index (κ1) is 15.4. The second-order valence-corrected chi connectivity index (χ2v) is 5.73. The molecule has 0 aliphatic carbocycles. The smallest absolute Gasteiger partial charge is 0.306 e. The highest BCUT2D eigenvalue weighted by atomic mass is 16.6. The topological polar surface area (TPSA) is 43.4 Å². The van der Waals surface area contributed by atoms with Crippen LogP contribution in [0.5, 0.6) is 0 Å². The van der Waals surface area contributed by atoms with Crippen molar-refractivity contribution in [1.82, 2.24) is 0 Å². The van der Waals surface area contributed by atoms with Gasteiger partial charge in [-0.2, -0.15) is 0 Å². The monoisotopic (exact) mass is 262 g/mol. The van der Waals surface area contributed by atoms with Crippen molar-refractivity contribution in [2.24, 2.45) is 0 Å². The van der Waals surface area contributed by atoms with Gasteiger partial charge in [-0.15, -0.1) is 0 Å². The van der Waals surface area contributed by atoms with Gasteiger partial charge in [0.2, 0.25) is 0 Å². The van der Waals surface area contributed by atoms with Crippen LogP contribution in [-0.2, 0) is 9.53 Å². The molecule has 0 saturated heterocycles. The molecule has 1 aromatic rings. The summed E-state index contributed by atoms with van der Waals surface area (Å²) in [6, 6.07) is 7.48. The molecule has 0 amide bonds. The molecule has 0 unspecified atom stereocenters. The van der Waals surface area contributed by atoms with Crippen LogP contribution in [-0.4, -0.2) is 17.4 Å². The molecule has 0 N–H and O–H groups in total. The molecule has 3 heteroatoms. The van der Waals surface area contributed by atoms with E-state index in [9.17, 15) is 9.59 Å². The van der Waals surface area contributed by atoms with Gasteiger partial charge in [-0.05, 0) is 34.1 Å². The summed E-state index contributed by atoms with van der Waals surface area (Å²) in [5.41, 5.74) is 1.37. The Balaban J connectivity index is 2.35. The van der Waals surface area contributed by atoms with E-state index in [4.69, 9.17) is 4.74 Å². The van der Waals surface area contributed by atoms with Gasteiger partial charge >= 0.3 is 5.97 Å². The van der Waals surface area contributed by atoms with Gasteiger partial charge in [-0.3, -0.25) is 9.59 Å². The Morgan fingerprint density at radius 2 is 1.63 bits per heavy atom. The lowest BCUT2D eigenvalue weighted by Gasteiger charge is -2.19. The van der Waals surface area contributed by atoms with Crippen molar-refractivity contribution in [3.63, 3.8) is 0 Å². The summed E-state index contributed by atoms with van der Waals surface area (Å²) in [5.74, 6) is -0.173. The van der Waals surface area contributed by atoms with Gasteiger partial charge in [0.15, 0.2) is 5.78 Å². The Bertz CT molecular complexity index is 438. The minimum Gasteiger partial charge on any atom is -0.460 e. The van der Waals surface area contributed by atoms with Gasteiger partial charge in [0.1, 0.15) is 5.60 Å². The van der Waals surface area contributed by atoms with Crippen molar-refractivity contribution in [1.29, 1.82) is 0 Å². The quantitative estimate of drug-likeness (QED) is 0.600. The average Bonchev–Trinajstić information content (AvgIpc) is 2.27. The third-order valence-corrected chi connectivity index (χ3v) is 2.58. The van der Waals surface area contributed by atoms with Crippen LogP contribution < -0.4 is 0 Å². The summed E-state index contributed by atoms with van der Waals surface area (Å²) in [6.07, 6.45) is 1.19. The molecule has 0 aliphatic rings. The van der Waals surface area contributed by atoms with Crippen LogP contribution in [0.4, 0.5) is 0 Å². The van der Waals surface area contributed by atoms with E-state index in [0.29, 0.717) is 18.4 Å². The van der Waals surface area contributed by atoms with Crippen LogP contribution in [0.25, 0.3) is 0 Å². The Kier molecular flexibility index (Phi) is 5.28. The predicted octanol–water partition coefficient (Wildman–Crippen LogP) is 3.69. The maximum absolute atomic E-state index is 11.9. The van der Waals surface area contributed by atoms with Crippen LogP contribution in [0.1, 0.15) is 56.0 Å². The fourth-order valence-corrected chi connectivity index (χ4v) is 1.67. The lowest BCUT2D eigenvalue weighted by Crippen LogP contribution is -2.23. The molecule has 19 heavy (non-hydrogen) atoms. The molecule has 0 atom stereocenters. The third-order valence-electron chi connectivity index (χ3n) is 2.58. The van der Waals surface area contributed by atoms with E-state index in [0.717, 1.165) is 5.56 Å². The number of hydrogen-bond donors (Lipinski definition) is 0. The second kappa shape index (κ2) is 6.50. The number of carbonyl (C=O) groups excluding carboxylic acids is 2. The molecule has 3 nitrogen and oxygen atoms in total. The van der Waals surface area contributed by atoms with Gasteiger partial charge < -0.3 is 4.74 Å². The van der Waals surface area contributed by atoms with Crippen molar-refractivity contribution < 1.29 is 14.3 Å².